The molecule has 0 spiro atoms. The van der Waals surface area contributed by atoms with Crippen molar-refractivity contribution in [3.05, 3.63) is 60.7 Å². The van der Waals surface area contributed by atoms with E-state index >= 15 is 0 Å². The Hall–Kier alpha value is -2.33. The molecule has 0 aromatic heterocycles. The van der Waals surface area contributed by atoms with Crippen molar-refractivity contribution in [2.75, 3.05) is 49.6 Å². The second-order valence-electron chi connectivity index (χ2n) is 5.89. The van der Waals surface area contributed by atoms with Gasteiger partial charge in [0.2, 0.25) is 5.91 Å². The van der Waals surface area contributed by atoms with Crippen molar-refractivity contribution in [2.24, 2.45) is 0 Å². The lowest BCUT2D eigenvalue weighted by Gasteiger charge is -2.36. The predicted octanol–water partition coefficient (Wildman–Crippen LogP) is 2.47. The number of anilines is 2. The third kappa shape index (κ3) is 3.90. The fourth-order valence-corrected chi connectivity index (χ4v) is 2.90. The molecule has 0 aliphatic carbocycles. The van der Waals surface area contributed by atoms with Gasteiger partial charge in [0, 0.05) is 44.6 Å². The molecule has 1 saturated heterocycles. The van der Waals surface area contributed by atoms with E-state index in [1.165, 1.54) is 5.69 Å². The van der Waals surface area contributed by atoms with Crippen molar-refractivity contribution in [3.8, 4) is 0 Å². The maximum atomic E-state index is 12.4. The van der Waals surface area contributed by atoms with E-state index in [9.17, 15) is 4.79 Å². The Morgan fingerprint density at radius 2 is 1.48 bits per heavy atom. The van der Waals surface area contributed by atoms with Crippen molar-refractivity contribution >= 4 is 17.3 Å². The summed E-state index contributed by atoms with van der Waals surface area (Å²) in [6, 6.07) is 20.3. The third-order valence-corrected chi connectivity index (χ3v) is 4.37. The average Bonchev–Trinajstić information content (AvgIpc) is 2.63. The standard InChI is InChI=1S/C19H23N3O/c1-20(17-8-4-2-5-9-17)19(23)16-21-12-14-22(15-13-21)18-10-6-3-7-11-18/h2-11H,12-16H2,1H3. The summed E-state index contributed by atoms with van der Waals surface area (Å²) >= 11 is 0. The Balaban J connectivity index is 1.52. The fraction of sp³-hybridized carbons (Fsp3) is 0.316. The maximum Gasteiger partial charge on any atom is 0.240 e. The number of para-hydroxylation sites is 2. The highest BCUT2D eigenvalue weighted by atomic mass is 16.2. The summed E-state index contributed by atoms with van der Waals surface area (Å²) in [5.41, 5.74) is 2.21. The quantitative estimate of drug-likeness (QED) is 0.868. The van der Waals surface area contributed by atoms with Crippen molar-refractivity contribution < 1.29 is 4.79 Å². The van der Waals surface area contributed by atoms with Crippen LogP contribution in [-0.2, 0) is 4.79 Å². The van der Waals surface area contributed by atoms with Crippen LogP contribution in [-0.4, -0.2) is 50.6 Å². The third-order valence-electron chi connectivity index (χ3n) is 4.37. The fourth-order valence-electron chi connectivity index (χ4n) is 2.90. The van der Waals surface area contributed by atoms with Crippen LogP contribution in [0, 0.1) is 0 Å². The molecule has 1 amide bonds. The van der Waals surface area contributed by atoms with Crippen LogP contribution < -0.4 is 9.80 Å². The Bertz CT molecular complexity index is 622. The molecule has 0 radical (unpaired) electrons. The number of hydrogen-bond donors (Lipinski definition) is 0. The largest absolute Gasteiger partial charge is 0.369 e. The summed E-state index contributed by atoms with van der Waals surface area (Å²) in [6.07, 6.45) is 0. The number of benzene rings is 2. The maximum absolute atomic E-state index is 12.4. The second-order valence-corrected chi connectivity index (χ2v) is 5.89. The molecular formula is C19H23N3O. The first-order valence-electron chi connectivity index (χ1n) is 8.08. The number of rotatable bonds is 4. The van der Waals surface area contributed by atoms with Crippen LogP contribution in [0.5, 0.6) is 0 Å². The molecule has 1 aliphatic rings. The molecule has 0 bridgehead atoms. The number of hydrogen-bond acceptors (Lipinski definition) is 3. The summed E-state index contributed by atoms with van der Waals surface area (Å²) in [5.74, 6) is 0.143. The lowest BCUT2D eigenvalue weighted by molar-refractivity contribution is -0.119. The van der Waals surface area contributed by atoms with Gasteiger partial charge in [0.05, 0.1) is 6.54 Å². The van der Waals surface area contributed by atoms with E-state index in [2.05, 4.69) is 34.1 Å². The van der Waals surface area contributed by atoms with Gasteiger partial charge >= 0.3 is 0 Å². The van der Waals surface area contributed by atoms with E-state index in [1.807, 2.05) is 43.4 Å². The van der Waals surface area contributed by atoms with Crippen LogP contribution in [0.25, 0.3) is 0 Å². The number of carbonyl (C=O) groups excluding carboxylic acids is 1. The van der Waals surface area contributed by atoms with Crippen LogP contribution >= 0.6 is 0 Å². The molecule has 2 aromatic carbocycles. The first kappa shape index (κ1) is 15.6. The van der Waals surface area contributed by atoms with E-state index in [4.69, 9.17) is 0 Å². The summed E-state index contributed by atoms with van der Waals surface area (Å²) < 4.78 is 0. The van der Waals surface area contributed by atoms with E-state index in [0.29, 0.717) is 6.54 Å². The Labute approximate surface area is 137 Å². The molecule has 120 valence electrons. The monoisotopic (exact) mass is 309 g/mol. The van der Waals surface area contributed by atoms with Crippen molar-refractivity contribution in [1.82, 2.24) is 4.90 Å². The van der Waals surface area contributed by atoms with Gasteiger partial charge in [-0.2, -0.15) is 0 Å². The molecule has 0 atom stereocenters. The first-order chi connectivity index (χ1) is 11.2. The number of piperazine rings is 1. The minimum absolute atomic E-state index is 0.143. The van der Waals surface area contributed by atoms with Crippen molar-refractivity contribution in [3.63, 3.8) is 0 Å². The van der Waals surface area contributed by atoms with Crippen molar-refractivity contribution in [2.45, 2.75) is 0 Å². The molecule has 0 unspecified atom stereocenters. The van der Waals surface area contributed by atoms with Gasteiger partial charge in [0.15, 0.2) is 0 Å². The zero-order valence-corrected chi connectivity index (χ0v) is 13.6. The van der Waals surface area contributed by atoms with E-state index < -0.39 is 0 Å². The smallest absolute Gasteiger partial charge is 0.240 e. The van der Waals surface area contributed by atoms with Crippen LogP contribution in [0.4, 0.5) is 11.4 Å². The van der Waals surface area contributed by atoms with Crippen molar-refractivity contribution in [1.29, 1.82) is 0 Å². The second kappa shape index (κ2) is 7.29. The first-order valence-corrected chi connectivity index (χ1v) is 8.08. The Morgan fingerprint density at radius 3 is 2.09 bits per heavy atom. The number of nitrogens with zero attached hydrogens (tertiary/aromatic N) is 3. The van der Waals surface area contributed by atoms with Gasteiger partial charge in [-0.05, 0) is 24.3 Å². The molecule has 3 rings (SSSR count). The summed E-state index contributed by atoms with van der Waals surface area (Å²) in [5, 5.41) is 0. The molecular weight excluding hydrogens is 286 g/mol. The molecule has 0 saturated carbocycles. The van der Waals surface area contributed by atoms with Crippen LogP contribution in [0.3, 0.4) is 0 Å². The van der Waals surface area contributed by atoms with Gasteiger partial charge in [-0.15, -0.1) is 0 Å². The molecule has 0 N–H and O–H groups in total. The van der Waals surface area contributed by atoms with E-state index in [-0.39, 0.29) is 5.91 Å². The zero-order valence-electron chi connectivity index (χ0n) is 13.6. The molecule has 1 heterocycles. The predicted molar refractivity (Wildman–Crippen MR) is 94.9 cm³/mol. The van der Waals surface area contributed by atoms with Gasteiger partial charge < -0.3 is 9.80 Å². The highest BCUT2D eigenvalue weighted by Crippen LogP contribution is 2.16. The molecule has 23 heavy (non-hydrogen) atoms. The molecule has 4 nitrogen and oxygen atoms in total. The highest BCUT2D eigenvalue weighted by Gasteiger charge is 2.21. The zero-order chi connectivity index (χ0) is 16.1. The average molecular weight is 309 g/mol. The number of amides is 1. The number of carbonyl (C=O) groups is 1. The lowest BCUT2D eigenvalue weighted by atomic mass is 10.2. The highest BCUT2D eigenvalue weighted by molar-refractivity contribution is 5.94. The van der Waals surface area contributed by atoms with Gasteiger partial charge in [-0.1, -0.05) is 36.4 Å². The normalized spacial score (nSPS) is 15.4. The van der Waals surface area contributed by atoms with E-state index in [0.717, 1.165) is 31.9 Å². The van der Waals surface area contributed by atoms with Gasteiger partial charge in [0.1, 0.15) is 0 Å². The molecule has 2 aromatic rings. The van der Waals surface area contributed by atoms with Gasteiger partial charge in [-0.25, -0.2) is 0 Å². The van der Waals surface area contributed by atoms with Crippen LogP contribution in [0.15, 0.2) is 60.7 Å². The van der Waals surface area contributed by atoms with E-state index in [1.54, 1.807) is 4.90 Å². The SMILES string of the molecule is CN(C(=O)CN1CCN(c2ccccc2)CC1)c1ccccc1. The Kier molecular flexibility index (Phi) is 4.93. The summed E-state index contributed by atoms with van der Waals surface area (Å²) in [7, 11) is 1.85. The summed E-state index contributed by atoms with van der Waals surface area (Å²) in [4.78, 5) is 18.8. The Morgan fingerprint density at radius 1 is 0.913 bits per heavy atom. The minimum atomic E-state index is 0.143. The molecule has 4 heteroatoms. The topological polar surface area (TPSA) is 26.8 Å². The summed E-state index contributed by atoms with van der Waals surface area (Å²) in [6.45, 7) is 4.25. The molecule has 1 aliphatic heterocycles. The van der Waals surface area contributed by atoms with Crippen LogP contribution in [0.1, 0.15) is 0 Å². The van der Waals surface area contributed by atoms with Gasteiger partial charge in [-0.3, -0.25) is 9.69 Å². The molecule has 1 fully saturated rings. The minimum Gasteiger partial charge on any atom is -0.369 e. The number of likely N-dealkylation sites (N-methyl/N-ethyl adjacent to an activating group) is 1. The van der Waals surface area contributed by atoms with Gasteiger partial charge in [0.25, 0.3) is 0 Å². The lowest BCUT2D eigenvalue weighted by Crippen LogP contribution is -2.49. The van der Waals surface area contributed by atoms with Crippen LogP contribution in [0.2, 0.25) is 0 Å².